The summed E-state index contributed by atoms with van der Waals surface area (Å²) in [5.41, 5.74) is 3.18. The van der Waals surface area contributed by atoms with Crippen LogP contribution in [0.1, 0.15) is 29.4 Å². The second-order valence-electron chi connectivity index (χ2n) is 8.33. The first-order chi connectivity index (χ1) is 16.8. The maximum absolute atomic E-state index is 13.1. The van der Waals surface area contributed by atoms with Crippen molar-refractivity contribution in [2.75, 3.05) is 23.3 Å². The van der Waals surface area contributed by atoms with Crippen LogP contribution in [0, 0.1) is 0 Å². The number of rotatable bonds is 5. The zero-order chi connectivity index (χ0) is 22.9. The summed E-state index contributed by atoms with van der Waals surface area (Å²) in [6.07, 6.45) is 9.63. The van der Waals surface area contributed by atoms with E-state index in [9.17, 15) is 4.79 Å². The normalized spacial score (nSPS) is 14.5. The second kappa shape index (κ2) is 8.75. The van der Waals surface area contributed by atoms with Crippen LogP contribution in [0.3, 0.4) is 0 Å². The first-order valence-electron chi connectivity index (χ1n) is 11.3. The highest BCUT2D eigenvalue weighted by atomic mass is 32.1. The number of nitrogens with zero attached hydrogens (tertiary/aromatic N) is 6. The Bertz CT molecular complexity index is 1430. The van der Waals surface area contributed by atoms with Crippen molar-refractivity contribution >= 4 is 39.5 Å². The molecule has 170 valence electrons. The van der Waals surface area contributed by atoms with E-state index in [4.69, 9.17) is 0 Å². The van der Waals surface area contributed by atoms with Gasteiger partial charge in [0.25, 0.3) is 5.91 Å². The minimum Gasteiger partial charge on any atom is -0.370 e. The van der Waals surface area contributed by atoms with Gasteiger partial charge >= 0.3 is 0 Å². The SMILES string of the molecule is O=C(Nc1ccccc1N1CCC(n2ccnc2)CC1)c1csc(-n2ncc3ccccc32)n1. The lowest BCUT2D eigenvalue weighted by Gasteiger charge is -2.35. The molecule has 4 heterocycles. The topological polar surface area (TPSA) is 80.9 Å². The Labute approximate surface area is 200 Å². The summed E-state index contributed by atoms with van der Waals surface area (Å²) in [7, 11) is 0. The van der Waals surface area contributed by atoms with Gasteiger partial charge in [-0.3, -0.25) is 4.79 Å². The minimum absolute atomic E-state index is 0.222. The largest absolute Gasteiger partial charge is 0.370 e. The molecule has 1 fully saturated rings. The molecular weight excluding hydrogens is 446 g/mol. The molecule has 5 aromatic rings. The molecule has 1 aliphatic heterocycles. The fourth-order valence-electron chi connectivity index (χ4n) is 4.52. The quantitative estimate of drug-likeness (QED) is 0.401. The fraction of sp³-hybridized carbons (Fsp3) is 0.200. The lowest BCUT2D eigenvalue weighted by molar-refractivity contribution is 0.102. The third kappa shape index (κ3) is 3.84. The monoisotopic (exact) mass is 469 g/mol. The van der Waals surface area contributed by atoms with Gasteiger partial charge in [0.1, 0.15) is 5.69 Å². The Morgan fingerprint density at radius 1 is 1.06 bits per heavy atom. The van der Waals surface area contributed by atoms with Crippen LogP contribution in [0.2, 0.25) is 0 Å². The Morgan fingerprint density at radius 2 is 1.88 bits per heavy atom. The molecule has 1 aliphatic rings. The van der Waals surface area contributed by atoms with Gasteiger partial charge in [0.15, 0.2) is 0 Å². The summed E-state index contributed by atoms with van der Waals surface area (Å²) in [4.78, 5) is 24.2. The number of fused-ring (bicyclic) bond motifs is 1. The molecule has 1 saturated heterocycles. The third-order valence-corrected chi connectivity index (χ3v) is 7.10. The third-order valence-electron chi connectivity index (χ3n) is 6.29. The molecule has 6 rings (SSSR count). The maximum atomic E-state index is 13.1. The van der Waals surface area contributed by atoms with Crippen molar-refractivity contribution in [3.8, 4) is 5.13 Å². The van der Waals surface area contributed by atoms with Crippen LogP contribution in [-0.4, -0.2) is 43.3 Å². The van der Waals surface area contributed by atoms with Crippen LogP contribution >= 0.6 is 11.3 Å². The van der Waals surface area contributed by atoms with Gasteiger partial charge < -0.3 is 14.8 Å². The van der Waals surface area contributed by atoms with Gasteiger partial charge in [-0.1, -0.05) is 30.3 Å². The number of hydrogen-bond donors (Lipinski definition) is 1. The zero-order valence-corrected chi connectivity index (χ0v) is 19.2. The molecule has 0 aliphatic carbocycles. The van der Waals surface area contributed by atoms with Crippen molar-refractivity contribution < 1.29 is 4.79 Å². The number of imidazole rings is 1. The van der Waals surface area contributed by atoms with Crippen molar-refractivity contribution in [2.24, 2.45) is 0 Å². The lowest BCUT2D eigenvalue weighted by Crippen LogP contribution is -2.35. The Hall–Kier alpha value is -3.98. The number of aromatic nitrogens is 5. The summed E-state index contributed by atoms with van der Waals surface area (Å²) in [6.45, 7) is 1.84. The first kappa shape index (κ1) is 20.6. The molecule has 3 aromatic heterocycles. The van der Waals surface area contributed by atoms with Crippen molar-refractivity contribution in [3.05, 3.63) is 84.5 Å². The number of para-hydroxylation sites is 3. The average Bonchev–Trinajstić information content (AvgIpc) is 3.65. The standard InChI is InChI=1S/C25H23N7OS/c33-24(21-16-34-25(29-21)32-22-7-3-1-5-18(22)15-27-32)28-20-6-2-4-8-23(20)30-12-9-19(10-13-30)31-14-11-26-17-31/h1-8,11,14-17,19H,9-10,12-13H2,(H,28,33). The summed E-state index contributed by atoms with van der Waals surface area (Å²) < 4.78 is 3.96. The van der Waals surface area contributed by atoms with Gasteiger partial charge in [0, 0.05) is 42.3 Å². The van der Waals surface area contributed by atoms with E-state index in [1.807, 2.05) is 67.4 Å². The Morgan fingerprint density at radius 3 is 2.74 bits per heavy atom. The molecular formula is C25H23N7OS. The van der Waals surface area contributed by atoms with Crippen molar-refractivity contribution in [3.63, 3.8) is 0 Å². The number of hydrogen-bond acceptors (Lipinski definition) is 6. The van der Waals surface area contributed by atoms with Crippen molar-refractivity contribution in [1.29, 1.82) is 0 Å². The van der Waals surface area contributed by atoms with Gasteiger partial charge in [-0.2, -0.15) is 5.10 Å². The molecule has 34 heavy (non-hydrogen) atoms. The predicted octanol–water partition coefficient (Wildman–Crippen LogP) is 4.77. The number of nitrogens with one attached hydrogen (secondary N) is 1. The number of carbonyl (C=O) groups excluding carboxylic acids is 1. The van der Waals surface area contributed by atoms with Crippen LogP contribution < -0.4 is 10.2 Å². The van der Waals surface area contributed by atoms with Gasteiger partial charge in [-0.15, -0.1) is 11.3 Å². The van der Waals surface area contributed by atoms with Crippen LogP contribution in [0.25, 0.3) is 16.0 Å². The molecule has 0 atom stereocenters. The van der Waals surface area contributed by atoms with E-state index in [1.165, 1.54) is 11.3 Å². The lowest BCUT2D eigenvalue weighted by atomic mass is 10.0. The fourth-order valence-corrected chi connectivity index (χ4v) is 5.29. The molecule has 0 spiro atoms. The van der Waals surface area contributed by atoms with Crippen LogP contribution in [-0.2, 0) is 0 Å². The number of thiazole rings is 1. The van der Waals surface area contributed by atoms with E-state index in [-0.39, 0.29) is 5.91 Å². The summed E-state index contributed by atoms with van der Waals surface area (Å²) >= 11 is 1.40. The van der Waals surface area contributed by atoms with Crippen molar-refractivity contribution in [2.45, 2.75) is 18.9 Å². The van der Waals surface area contributed by atoms with E-state index >= 15 is 0 Å². The van der Waals surface area contributed by atoms with Crippen LogP contribution in [0.4, 0.5) is 11.4 Å². The zero-order valence-electron chi connectivity index (χ0n) is 18.4. The number of anilines is 2. The van der Waals surface area contributed by atoms with E-state index in [0.29, 0.717) is 16.9 Å². The molecule has 1 amide bonds. The van der Waals surface area contributed by atoms with Crippen LogP contribution in [0.5, 0.6) is 0 Å². The smallest absolute Gasteiger partial charge is 0.275 e. The molecule has 0 unspecified atom stereocenters. The van der Waals surface area contributed by atoms with E-state index in [2.05, 4.69) is 35.9 Å². The first-order valence-corrected chi connectivity index (χ1v) is 12.2. The van der Waals surface area contributed by atoms with Gasteiger partial charge in [-0.25, -0.2) is 14.6 Å². The van der Waals surface area contributed by atoms with Gasteiger partial charge in [0.2, 0.25) is 5.13 Å². The number of piperidine rings is 1. The summed E-state index contributed by atoms with van der Waals surface area (Å²) in [6, 6.07) is 16.4. The molecule has 1 N–H and O–H groups in total. The molecule has 2 aromatic carbocycles. The molecule has 0 radical (unpaired) electrons. The number of benzene rings is 2. The van der Waals surface area contributed by atoms with Crippen molar-refractivity contribution in [1.82, 2.24) is 24.3 Å². The number of amides is 1. The minimum atomic E-state index is -0.222. The molecule has 0 bridgehead atoms. The molecule has 0 saturated carbocycles. The van der Waals surface area contributed by atoms with E-state index in [1.54, 1.807) is 10.1 Å². The van der Waals surface area contributed by atoms with Gasteiger partial charge in [-0.05, 0) is 31.0 Å². The van der Waals surface area contributed by atoms with Crippen LogP contribution in [0.15, 0.2) is 78.8 Å². The van der Waals surface area contributed by atoms with E-state index in [0.717, 1.165) is 48.2 Å². The molecule has 9 heteroatoms. The number of carbonyl (C=O) groups is 1. The predicted molar refractivity (Wildman–Crippen MR) is 134 cm³/mol. The Balaban J connectivity index is 1.18. The average molecular weight is 470 g/mol. The summed E-state index contributed by atoms with van der Waals surface area (Å²) in [5, 5.41) is 11.0. The maximum Gasteiger partial charge on any atom is 0.275 e. The van der Waals surface area contributed by atoms with E-state index < -0.39 is 0 Å². The highest BCUT2D eigenvalue weighted by Gasteiger charge is 2.23. The highest BCUT2D eigenvalue weighted by Crippen LogP contribution is 2.32. The highest BCUT2D eigenvalue weighted by molar-refractivity contribution is 7.12. The van der Waals surface area contributed by atoms with Gasteiger partial charge in [0.05, 0.1) is 29.4 Å². The summed E-state index contributed by atoms with van der Waals surface area (Å²) in [5.74, 6) is -0.222. The Kier molecular flexibility index (Phi) is 5.31. The molecule has 8 nitrogen and oxygen atoms in total. The second-order valence-corrected chi connectivity index (χ2v) is 9.17.